The van der Waals surface area contributed by atoms with Crippen molar-refractivity contribution in [3.63, 3.8) is 0 Å². The monoisotopic (exact) mass is 380 g/mol. The summed E-state index contributed by atoms with van der Waals surface area (Å²) < 4.78 is 5.68. The Balaban J connectivity index is 1.27. The molecule has 0 spiro atoms. The van der Waals surface area contributed by atoms with E-state index in [2.05, 4.69) is 36.5 Å². The number of likely N-dealkylation sites (tertiary alicyclic amines) is 1. The van der Waals surface area contributed by atoms with Crippen LogP contribution in [0.2, 0.25) is 0 Å². The van der Waals surface area contributed by atoms with Crippen LogP contribution in [0.5, 0.6) is 5.75 Å². The first-order valence-corrected chi connectivity index (χ1v) is 10.0. The van der Waals surface area contributed by atoms with Crippen LogP contribution >= 0.6 is 0 Å². The van der Waals surface area contributed by atoms with Crippen molar-refractivity contribution in [3.8, 4) is 5.75 Å². The number of fused-ring (bicyclic) bond motifs is 1. The second-order valence-electron chi connectivity index (χ2n) is 8.11. The van der Waals surface area contributed by atoms with Gasteiger partial charge in [0.2, 0.25) is 0 Å². The summed E-state index contributed by atoms with van der Waals surface area (Å²) in [6.45, 7) is 4.39. The number of carbonyl (C=O) groups is 1. The molecule has 2 aliphatic rings. The number of aliphatic hydroxyl groups is 1. The van der Waals surface area contributed by atoms with Crippen LogP contribution < -0.4 is 10.1 Å². The fourth-order valence-corrected chi connectivity index (χ4v) is 4.23. The Hall–Kier alpha value is -2.53. The summed E-state index contributed by atoms with van der Waals surface area (Å²) in [5.41, 5.74) is 2.78. The Kier molecular flexibility index (Phi) is 5.27. The molecule has 1 fully saturated rings. The molecule has 2 N–H and O–H groups in total. The lowest BCUT2D eigenvalue weighted by Gasteiger charge is -2.38. The zero-order chi connectivity index (χ0) is 19.6. The minimum absolute atomic E-state index is 0.0537. The van der Waals surface area contributed by atoms with Crippen LogP contribution in [0.25, 0.3) is 0 Å². The van der Waals surface area contributed by atoms with Gasteiger partial charge in [0.15, 0.2) is 0 Å². The van der Waals surface area contributed by atoms with Gasteiger partial charge in [0.25, 0.3) is 0 Å². The molecule has 4 rings (SSSR count). The molecule has 0 radical (unpaired) electrons. The highest BCUT2D eigenvalue weighted by atomic mass is 16.5. The fraction of sp³-hybridized carbons (Fsp3) is 0.435. The van der Waals surface area contributed by atoms with E-state index in [1.54, 1.807) is 0 Å². The third-order valence-corrected chi connectivity index (χ3v) is 5.90. The van der Waals surface area contributed by atoms with E-state index in [1.165, 1.54) is 5.56 Å². The number of nitrogens with zero attached hydrogens (tertiary/aromatic N) is 1. The minimum atomic E-state index is -0.733. The number of para-hydroxylation sites is 1. The van der Waals surface area contributed by atoms with Gasteiger partial charge in [0.1, 0.15) is 5.75 Å². The van der Waals surface area contributed by atoms with Crippen molar-refractivity contribution in [2.45, 2.75) is 37.7 Å². The van der Waals surface area contributed by atoms with Crippen LogP contribution in [0.3, 0.4) is 0 Å². The highest BCUT2D eigenvalue weighted by Crippen LogP contribution is 2.33. The van der Waals surface area contributed by atoms with Crippen molar-refractivity contribution in [1.82, 2.24) is 10.2 Å². The Morgan fingerprint density at radius 3 is 2.79 bits per heavy atom. The molecule has 2 aromatic carbocycles. The number of nitrogens with one attached hydrogen (secondary N) is 1. The van der Waals surface area contributed by atoms with Crippen LogP contribution in [-0.2, 0) is 6.42 Å². The SMILES string of the molecule is Cc1cccc(CC2(O)CCN(C(=O)NCC3COc4ccccc43)CC2)c1. The zero-order valence-electron chi connectivity index (χ0n) is 16.4. The Bertz CT molecular complexity index is 843. The first-order chi connectivity index (χ1) is 13.5. The summed E-state index contributed by atoms with van der Waals surface area (Å²) in [4.78, 5) is 14.4. The quantitative estimate of drug-likeness (QED) is 0.856. The van der Waals surface area contributed by atoms with Crippen LogP contribution in [-0.4, -0.2) is 47.9 Å². The number of aryl methyl sites for hydroxylation is 1. The number of ether oxygens (including phenoxy) is 1. The van der Waals surface area contributed by atoms with Gasteiger partial charge in [-0.15, -0.1) is 0 Å². The smallest absolute Gasteiger partial charge is 0.317 e. The first kappa shape index (κ1) is 18.8. The largest absolute Gasteiger partial charge is 0.493 e. The third-order valence-electron chi connectivity index (χ3n) is 5.90. The molecule has 5 nitrogen and oxygen atoms in total. The van der Waals surface area contributed by atoms with Crippen LogP contribution in [0, 0.1) is 6.92 Å². The average Bonchev–Trinajstić information content (AvgIpc) is 3.10. The van der Waals surface area contributed by atoms with E-state index in [0.29, 0.717) is 45.5 Å². The summed E-state index contributed by atoms with van der Waals surface area (Å²) in [6.07, 6.45) is 1.84. The first-order valence-electron chi connectivity index (χ1n) is 10.0. The van der Waals surface area contributed by atoms with Crippen molar-refractivity contribution in [1.29, 1.82) is 0 Å². The molecule has 2 aliphatic heterocycles. The van der Waals surface area contributed by atoms with Crippen LogP contribution in [0.15, 0.2) is 48.5 Å². The van der Waals surface area contributed by atoms with Gasteiger partial charge in [-0.3, -0.25) is 0 Å². The number of carbonyl (C=O) groups excluding carboxylic acids is 1. The number of amides is 2. The molecule has 5 heteroatoms. The molecule has 2 aromatic rings. The Morgan fingerprint density at radius 2 is 2.00 bits per heavy atom. The molecule has 28 heavy (non-hydrogen) atoms. The fourth-order valence-electron chi connectivity index (χ4n) is 4.23. The average molecular weight is 380 g/mol. The van der Waals surface area contributed by atoms with Crippen molar-refractivity contribution in [3.05, 3.63) is 65.2 Å². The standard InChI is InChI=1S/C23H28N2O3/c1-17-5-4-6-18(13-17)14-23(27)9-11-25(12-10-23)22(26)24-15-19-16-28-21-8-3-2-7-20(19)21/h2-8,13,19,27H,9-12,14-16H2,1H3,(H,24,26). The molecular weight excluding hydrogens is 352 g/mol. The van der Waals surface area contributed by atoms with Crippen LogP contribution in [0.4, 0.5) is 4.79 Å². The van der Waals surface area contributed by atoms with Gasteiger partial charge in [-0.25, -0.2) is 4.79 Å². The maximum atomic E-state index is 12.6. The van der Waals surface area contributed by atoms with E-state index in [1.807, 2.05) is 29.2 Å². The minimum Gasteiger partial charge on any atom is -0.493 e. The molecule has 2 heterocycles. The van der Waals surface area contributed by atoms with Crippen molar-refractivity contribution in [2.75, 3.05) is 26.2 Å². The number of benzene rings is 2. The van der Waals surface area contributed by atoms with E-state index < -0.39 is 5.60 Å². The van der Waals surface area contributed by atoms with Crippen molar-refractivity contribution in [2.24, 2.45) is 0 Å². The number of rotatable bonds is 4. The maximum absolute atomic E-state index is 12.6. The van der Waals surface area contributed by atoms with Crippen LogP contribution in [0.1, 0.15) is 35.4 Å². The van der Waals surface area contributed by atoms with E-state index in [4.69, 9.17) is 4.74 Å². The predicted octanol–water partition coefficient (Wildman–Crippen LogP) is 3.25. The van der Waals surface area contributed by atoms with Gasteiger partial charge >= 0.3 is 6.03 Å². The summed E-state index contributed by atoms with van der Waals surface area (Å²) in [6, 6.07) is 16.2. The molecule has 1 unspecified atom stereocenters. The summed E-state index contributed by atoms with van der Waals surface area (Å²) in [5.74, 6) is 1.11. The topological polar surface area (TPSA) is 61.8 Å². The van der Waals surface area contributed by atoms with Gasteiger partial charge in [-0.05, 0) is 31.4 Å². The molecule has 0 aromatic heterocycles. The number of hydrogen-bond acceptors (Lipinski definition) is 3. The second-order valence-corrected chi connectivity index (χ2v) is 8.11. The highest BCUT2D eigenvalue weighted by Gasteiger charge is 2.34. The summed E-state index contributed by atoms with van der Waals surface area (Å²) in [5, 5.41) is 14.0. The van der Waals surface area contributed by atoms with E-state index >= 15 is 0 Å². The summed E-state index contributed by atoms with van der Waals surface area (Å²) >= 11 is 0. The zero-order valence-corrected chi connectivity index (χ0v) is 16.4. The molecular formula is C23H28N2O3. The summed E-state index contributed by atoms with van der Waals surface area (Å²) in [7, 11) is 0. The van der Waals surface area contributed by atoms with Crippen molar-refractivity contribution < 1.29 is 14.6 Å². The van der Waals surface area contributed by atoms with E-state index in [0.717, 1.165) is 16.9 Å². The highest BCUT2D eigenvalue weighted by molar-refractivity contribution is 5.74. The van der Waals surface area contributed by atoms with Gasteiger partial charge in [-0.2, -0.15) is 0 Å². The maximum Gasteiger partial charge on any atom is 0.317 e. The Labute approximate surface area is 166 Å². The lowest BCUT2D eigenvalue weighted by Crippen LogP contribution is -2.51. The number of piperidine rings is 1. The second kappa shape index (κ2) is 7.84. The molecule has 1 atom stereocenters. The molecule has 0 aliphatic carbocycles. The van der Waals surface area contributed by atoms with Gasteiger partial charge in [0.05, 0.1) is 12.2 Å². The van der Waals surface area contributed by atoms with Gasteiger partial charge < -0.3 is 20.1 Å². The molecule has 1 saturated heterocycles. The van der Waals surface area contributed by atoms with Gasteiger partial charge in [0, 0.05) is 37.5 Å². The third kappa shape index (κ3) is 4.14. The molecule has 2 amide bonds. The van der Waals surface area contributed by atoms with Crippen molar-refractivity contribution >= 4 is 6.03 Å². The van der Waals surface area contributed by atoms with E-state index in [-0.39, 0.29) is 11.9 Å². The normalized spacial score (nSPS) is 20.4. The Morgan fingerprint density at radius 1 is 1.21 bits per heavy atom. The molecule has 0 bridgehead atoms. The lowest BCUT2D eigenvalue weighted by atomic mass is 9.85. The molecule has 0 saturated carbocycles. The molecule has 148 valence electrons. The number of hydrogen-bond donors (Lipinski definition) is 2. The lowest BCUT2D eigenvalue weighted by molar-refractivity contribution is -0.0116. The van der Waals surface area contributed by atoms with E-state index in [9.17, 15) is 9.90 Å². The van der Waals surface area contributed by atoms with Gasteiger partial charge in [-0.1, -0.05) is 48.0 Å². The predicted molar refractivity (Wildman–Crippen MR) is 109 cm³/mol. The number of urea groups is 1.